The number of anilines is 1. The minimum atomic E-state index is -0.217. The molecule has 1 aliphatic rings. The molecular weight excluding hydrogens is 436 g/mol. The van der Waals surface area contributed by atoms with E-state index in [9.17, 15) is 4.79 Å². The Morgan fingerprint density at radius 3 is 2.57 bits per heavy atom. The van der Waals surface area contributed by atoms with Gasteiger partial charge in [-0.2, -0.15) is 10.2 Å². The zero-order valence-electron chi connectivity index (χ0n) is 19.3. The summed E-state index contributed by atoms with van der Waals surface area (Å²) in [5, 5.41) is 15.2. The van der Waals surface area contributed by atoms with Gasteiger partial charge < -0.3 is 5.32 Å². The number of benzene rings is 3. The molecule has 7 heteroatoms. The van der Waals surface area contributed by atoms with E-state index in [-0.39, 0.29) is 5.91 Å². The van der Waals surface area contributed by atoms with Crippen molar-refractivity contribution in [1.29, 1.82) is 0 Å². The molecule has 0 radical (unpaired) electrons. The van der Waals surface area contributed by atoms with Gasteiger partial charge in [0.25, 0.3) is 5.91 Å². The van der Waals surface area contributed by atoms with Crippen molar-refractivity contribution in [2.24, 2.45) is 0 Å². The lowest BCUT2D eigenvalue weighted by Crippen LogP contribution is -2.15. The molecule has 2 N–H and O–H groups in total. The first kappa shape index (κ1) is 21.0. The Morgan fingerprint density at radius 2 is 1.71 bits per heavy atom. The van der Waals surface area contributed by atoms with Gasteiger partial charge in [-0.1, -0.05) is 60.7 Å². The molecule has 0 atom stereocenters. The second-order valence-electron chi connectivity index (χ2n) is 8.70. The van der Waals surface area contributed by atoms with E-state index in [4.69, 9.17) is 5.10 Å². The minimum Gasteiger partial charge on any atom is -0.320 e. The summed E-state index contributed by atoms with van der Waals surface area (Å²) >= 11 is 0. The molecule has 1 amide bonds. The molecule has 0 saturated carbocycles. The average Bonchev–Trinajstić information content (AvgIpc) is 3.63. The number of aryl methyl sites for hydroxylation is 1. The lowest BCUT2D eigenvalue weighted by molar-refractivity contribution is 0.102. The number of hydrogen-bond acceptors (Lipinski definition) is 4. The first-order valence-corrected chi connectivity index (χ1v) is 11.7. The SMILES string of the molecule is Cc1ccccc1-n1nc(C(=O)Nc2ccccc2-c2nc(-c3ccccc3)n[nH]2)c2c1CCC2. The number of nitrogens with zero attached hydrogens (tertiary/aromatic N) is 4. The van der Waals surface area contributed by atoms with Gasteiger partial charge >= 0.3 is 0 Å². The number of carbonyl (C=O) groups excluding carboxylic acids is 1. The van der Waals surface area contributed by atoms with Crippen LogP contribution in [0.2, 0.25) is 0 Å². The number of fused-ring (bicyclic) bond motifs is 1. The summed E-state index contributed by atoms with van der Waals surface area (Å²) < 4.78 is 1.95. The summed E-state index contributed by atoms with van der Waals surface area (Å²) in [5.74, 6) is 0.984. The van der Waals surface area contributed by atoms with E-state index in [1.54, 1.807) is 0 Å². The number of rotatable bonds is 5. The Hall–Kier alpha value is -4.52. The van der Waals surface area contributed by atoms with Crippen LogP contribution in [0.4, 0.5) is 5.69 Å². The highest BCUT2D eigenvalue weighted by Crippen LogP contribution is 2.31. The second-order valence-corrected chi connectivity index (χ2v) is 8.70. The molecule has 7 nitrogen and oxygen atoms in total. The van der Waals surface area contributed by atoms with Gasteiger partial charge in [0.15, 0.2) is 17.3 Å². The smallest absolute Gasteiger partial charge is 0.276 e. The third-order valence-electron chi connectivity index (χ3n) is 6.44. The van der Waals surface area contributed by atoms with Crippen molar-refractivity contribution in [3.63, 3.8) is 0 Å². The van der Waals surface area contributed by atoms with Gasteiger partial charge in [-0.05, 0) is 49.9 Å². The number of para-hydroxylation sites is 2. The highest BCUT2D eigenvalue weighted by molar-refractivity contribution is 6.06. The molecule has 1 aliphatic carbocycles. The van der Waals surface area contributed by atoms with Gasteiger partial charge in [0.1, 0.15) is 0 Å². The van der Waals surface area contributed by atoms with E-state index in [1.807, 2.05) is 77.5 Å². The van der Waals surface area contributed by atoms with Crippen LogP contribution in [-0.2, 0) is 12.8 Å². The number of aromatic nitrogens is 5. The maximum Gasteiger partial charge on any atom is 0.276 e. The predicted molar refractivity (Wildman–Crippen MR) is 136 cm³/mol. The standard InChI is InChI=1S/C28H24N6O/c1-18-10-5-8-16-23(18)34-24-17-9-14-21(24)25(33-34)28(35)29-22-15-7-6-13-20(22)27-30-26(31-32-27)19-11-3-2-4-12-19/h2-8,10-13,15-16H,9,14,17H2,1H3,(H,29,35)(H,30,31,32). The lowest BCUT2D eigenvalue weighted by Gasteiger charge is -2.09. The van der Waals surface area contributed by atoms with Gasteiger partial charge in [0.2, 0.25) is 0 Å². The summed E-state index contributed by atoms with van der Waals surface area (Å²) in [6, 6.07) is 25.5. The number of aromatic amines is 1. The Morgan fingerprint density at radius 1 is 0.943 bits per heavy atom. The zero-order valence-corrected chi connectivity index (χ0v) is 19.3. The molecule has 0 fully saturated rings. The summed E-state index contributed by atoms with van der Waals surface area (Å²) in [7, 11) is 0. The fourth-order valence-electron chi connectivity index (χ4n) is 4.70. The van der Waals surface area contributed by atoms with E-state index in [0.717, 1.165) is 52.9 Å². The van der Waals surface area contributed by atoms with Crippen molar-refractivity contribution in [3.8, 4) is 28.5 Å². The summed E-state index contributed by atoms with van der Waals surface area (Å²) in [6.45, 7) is 2.06. The molecule has 35 heavy (non-hydrogen) atoms. The molecule has 2 heterocycles. The molecule has 0 bridgehead atoms. The third-order valence-corrected chi connectivity index (χ3v) is 6.44. The minimum absolute atomic E-state index is 0.217. The van der Waals surface area contributed by atoms with E-state index < -0.39 is 0 Å². The van der Waals surface area contributed by atoms with Crippen molar-refractivity contribution in [2.45, 2.75) is 26.2 Å². The third kappa shape index (κ3) is 3.81. The number of H-pyrrole nitrogens is 1. The van der Waals surface area contributed by atoms with Crippen LogP contribution in [0.1, 0.15) is 33.7 Å². The van der Waals surface area contributed by atoms with Crippen molar-refractivity contribution in [3.05, 3.63) is 101 Å². The number of nitrogens with one attached hydrogen (secondary N) is 2. The lowest BCUT2D eigenvalue weighted by atomic mass is 10.1. The van der Waals surface area contributed by atoms with Crippen molar-refractivity contribution in [2.75, 3.05) is 5.32 Å². The van der Waals surface area contributed by atoms with Crippen LogP contribution in [0.5, 0.6) is 0 Å². The highest BCUT2D eigenvalue weighted by Gasteiger charge is 2.28. The number of amides is 1. The quantitative estimate of drug-likeness (QED) is 0.369. The van der Waals surface area contributed by atoms with Crippen LogP contribution in [0.25, 0.3) is 28.5 Å². The van der Waals surface area contributed by atoms with E-state index in [2.05, 4.69) is 33.5 Å². The van der Waals surface area contributed by atoms with Gasteiger partial charge in [-0.15, -0.1) is 0 Å². The first-order valence-electron chi connectivity index (χ1n) is 11.7. The highest BCUT2D eigenvalue weighted by atomic mass is 16.2. The van der Waals surface area contributed by atoms with E-state index in [0.29, 0.717) is 23.0 Å². The van der Waals surface area contributed by atoms with Crippen LogP contribution in [0.15, 0.2) is 78.9 Å². The molecule has 172 valence electrons. The molecular formula is C28H24N6O. The van der Waals surface area contributed by atoms with Crippen molar-refractivity contribution >= 4 is 11.6 Å². The molecule has 0 saturated heterocycles. The monoisotopic (exact) mass is 460 g/mol. The normalized spacial score (nSPS) is 12.5. The van der Waals surface area contributed by atoms with Crippen LogP contribution < -0.4 is 5.32 Å². The molecule has 0 aliphatic heterocycles. The number of hydrogen-bond donors (Lipinski definition) is 2. The van der Waals surface area contributed by atoms with Gasteiger partial charge in [-0.3, -0.25) is 9.89 Å². The largest absolute Gasteiger partial charge is 0.320 e. The summed E-state index contributed by atoms with van der Waals surface area (Å²) in [5.41, 5.74) is 7.14. The van der Waals surface area contributed by atoms with E-state index in [1.165, 1.54) is 0 Å². The predicted octanol–water partition coefficient (Wildman–Crippen LogP) is 5.37. The Balaban J connectivity index is 1.33. The van der Waals surface area contributed by atoms with Crippen LogP contribution in [0, 0.1) is 6.92 Å². The molecule has 0 unspecified atom stereocenters. The summed E-state index contributed by atoms with van der Waals surface area (Å²) in [4.78, 5) is 18.1. The van der Waals surface area contributed by atoms with Gasteiger partial charge in [-0.25, -0.2) is 9.67 Å². The Kier molecular flexibility index (Phi) is 5.22. The molecule has 5 aromatic rings. The van der Waals surface area contributed by atoms with Crippen molar-refractivity contribution < 1.29 is 4.79 Å². The number of carbonyl (C=O) groups is 1. The maximum absolute atomic E-state index is 13.5. The fourth-order valence-corrected chi connectivity index (χ4v) is 4.70. The molecule has 6 rings (SSSR count). The van der Waals surface area contributed by atoms with Crippen molar-refractivity contribution in [1.82, 2.24) is 25.0 Å². The Labute approximate surface area is 202 Å². The van der Waals surface area contributed by atoms with Gasteiger partial charge in [0.05, 0.1) is 11.4 Å². The Bertz CT molecular complexity index is 1530. The summed E-state index contributed by atoms with van der Waals surface area (Å²) in [6.07, 6.45) is 2.80. The topological polar surface area (TPSA) is 88.5 Å². The average molecular weight is 461 g/mol. The zero-order chi connectivity index (χ0) is 23.8. The molecule has 3 aromatic carbocycles. The van der Waals surface area contributed by atoms with Crippen LogP contribution >= 0.6 is 0 Å². The fraction of sp³-hybridized carbons (Fsp3) is 0.143. The van der Waals surface area contributed by atoms with Gasteiger partial charge in [0, 0.05) is 22.4 Å². The van der Waals surface area contributed by atoms with Crippen LogP contribution in [-0.4, -0.2) is 30.9 Å². The second kappa shape index (κ2) is 8.68. The molecule has 2 aromatic heterocycles. The van der Waals surface area contributed by atoms with Crippen LogP contribution in [0.3, 0.4) is 0 Å². The first-order chi connectivity index (χ1) is 17.2. The maximum atomic E-state index is 13.5. The van der Waals surface area contributed by atoms with E-state index >= 15 is 0 Å². The molecule has 0 spiro atoms.